The van der Waals surface area contributed by atoms with Crippen molar-refractivity contribution in [1.29, 1.82) is 0 Å². The Balaban J connectivity index is 1.68. The maximum atomic E-state index is 12.1. The molecule has 0 fully saturated rings. The number of rotatable bonds is 43. The molecule has 17 nitrogen and oxygen atoms in total. The van der Waals surface area contributed by atoms with E-state index in [0.717, 1.165) is 25.1 Å². The van der Waals surface area contributed by atoms with E-state index in [1.807, 2.05) is 32.9 Å². The standard InChI is InChI=1S/C41H73NO16/c1-5-6-11-42-38-9-7-37(8-10-38)40(44)57-35-34-55-31-30-53-27-26-51-23-22-49-19-18-47-15-14-45-12-13-46-16-17-48-20-21-50-24-25-52-28-29-54-32-33-56-36-39(43)58-41(2,3)4/h7-10,42H,5-6,11-36H2,1-4H3. The largest absolute Gasteiger partial charge is 0.460 e. The topological polar surface area (TPSA) is 175 Å². The van der Waals surface area contributed by atoms with Gasteiger partial charge in [-0.1, -0.05) is 13.3 Å². The normalized spacial score (nSPS) is 11.6. The lowest BCUT2D eigenvalue weighted by molar-refractivity contribution is -0.160. The first-order valence-corrected chi connectivity index (χ1v) is 20.5. The van der Waals surface area contributed by atoms with Crippen molar-refractivity contribution in [3.8, 4) is 0 Å². The Morgan fingerprint density at radius 3 is 1.09 bits per heavy atom. The summed E-state index contributed by atoms with van der Waals surface area (Å²) in [5.41, 5.74) is 0.988. The number of nitrogens with one attached hydrogen (secondary N) is 1. The molecule has 1 aromatic rings. The van der Waals surface area contributed by atoms with Gasteiger partial charge in [-0.05, 0) is 51.5 Å². The first-order valence-electron chi connectivity index (χ1n) is 20.5. The maximum Gasteiger partial charge on any atom is 0.338 e. The molecule has 1 aromatic carbocycles. The number of carbonyl (C=O) groups is 2. The Hall–Kier alpha value is -2.52. The first kappa shape index (κ1) is 53.5. The summed E-state index contributed by atoms with van der Waals surface area (Å²) in [4.78, 5) is 23.7. The highest BCUT2D eigenvalue weighted by molar-refractivity contribution is 5.89. The Morgan fingerprint density at radius 2 is 0.776 bits per heavy atom. The SMILES string of the molecule is CCCCNc1ccc(C(=O)OCCOCCOCCOCCOCCOCCOCCOCCOCCOCCOCCOCCOCC(=O)OC(C)(C)C)cc1. The van der Waals surface area contributed by atoms with Crippen molar-refractivity contribution < 1.29 is 75.9 Å². The third kappa shape index (κ3) is 37.7. The average molecular weight is 836 g/mol. The van der Waals surface area contributed by atoms with E-state index in [-0.39, 0.29) is 19.2 Å². The van der Waals surface area contributed by atoms with E-state index in [1.165, 1.54) is 0 Å². The number of unbranched alkanes of at least 4 members (excludes halogenated alkanes) is 1. The fourth-order valence-electron chi connectivity index (χ4n) is 4.36. The molecule has 0 aliphatic heterocycles. The van der Waals surface area contributed by atoms with Crippen molar-refractivity contribution >= 4 is 17.6 Å². The van der Waals surface area contributed by atoms with E-state index >= 15 is 0 Å². The summed E-state index contributed by atoms with van der Waals surface area (Å²) in [5.74, 6) is -0.757. The van der Waals surface area contributed by atoms with E-state index in [1.54, 1.807) is 12.1 Å². The zero-order valence-electron chi connectivity index (χ0n) is 35.6. The molecule has 0 bridgehead atoms. The molecule has 0 radical (unpaired) electrons. The highest BCUT2D eigenvalue weighted by atomic mass is 16.6. The summed E-state index contributed by atoms with van der Waals surface area (Å²) >= 11 is 0. The molecule has 338 valence electrons. The van der Waals surface area contributed by atoms with E-state index in [2.05, 4.69) is 12.2 Å². The summed E-state index contributed by atoms with van der Waals surface area (Å²) in [6.07, 6.45) is 2.23. The van der Waals surface area contributed by atoms with Crippen LogP contribution in [0.3, 0.4) is 0 Å². The van der Waals surface area contributed by atoms with Gasteiger partial charge in [0, 0.05) is 12.2 Å². The molecular formula is C41H73NO16. The zero-order chi connectivity index (χ0) is 42.0. The van der Waals surface area contributed by atoms with Crippen LogP contribution >= 0.6 is 0 Å². The second kappa shape index (κ2) is 39.9. The summed E-state index contributed by atoms with van der Waals surface area (Å²) in [6, 6.07) is 7.28. The third-order valence-corrected chi connectivity index (χ3v) is 7.17. The zero-order valence-corrected chi connectivity index (χ0v) is 35.6. The van der Waals surface area contributed by atoms with Crippen molar-refractivity contribution in [1.82, 2.24) is 0 Å². The molecule has 0 spiro atoms. The lowest BCUT2D eigenvalue weighted by atomic mass is 10.2. The minimum Gasteiger partial charge on any atom is -0.460 e. The van der Waals surface area contributed by atoms with Gasteiger partial charge in [-0.3, -0.25) is 0 Å². The van der Waals surface area contributed by atoms with E-state index < -0.39 is 11.6 Å². The Morgan fingerprint density at radius 1 is 0.466 bits per heavy atom. The van der Waals surface area contributed by atoms with Crippen LogP contribution in [0.2, 0.25) is 0 Å². The van der Waals surface area contributed by atoms with Gasteiger partial charge in [0.25, 0.3) is 0 Å². The van der Waals surface area contributed by atoms with Gasteiger partial charge in [0.1, 0.15) is 18.8 Å². The predicted molar refractivity (Wildman–Crippen MR) is 216 cm³/mol. The Bertz CT molecular complexity index is 1060. The van der Waals surface area contributed by atoms with Crippen LogP contribution in [0.25, 0.3) is 0 Å². The first-order chi connectivity index (χ1) is 28.3. The molecule has 0 atom stereocenters. The Kier molecular flexibility index (Phi) is 36.8. The maximum absolute atomic E-state index is 12.1. The van der Waals surface area contributed by atoms with Crippen LogP contribution in [0.4, 0.5) is 5.69 Å². The summed E-state index contributed by atoms with van der Waals surface area (Å²) in [7, 11) is 0. The van der Waals surface area contributed by atoms with E-state index in [0.29, 0.717) is 158 Å². The number of carbonyl (C=O) groups excluding carboxylic acids is 2. The van der Waals surface area contributed by atoms with Gasteiger partial charge in [-0.15, -0.1) is 0 Å². The van der Waals surface area contributed by atoms with Crippen molar-refractivity contribution in [2.75, 3.05) is 177 Å². The van der Waals surface area contributed by atoms with Crippen LogP contribution in [0.5, 0.6) is 0 Å². The molecule has 0 heterocycles. The van der Waals surface area contributed by atoms with E-state index in [4.69, 9.17) is 66.3 Å². The summed E-state index contributed by atoms with van der Waals surface area (Å²) < 4.78 is 75.8. The van der Waals surface area contributed by atoms with Crippen LogP contribution in [0.15, 0.2) is 24.3 Å². The average Bonchev–Trinajstić information content (AvgIpc) is 3.20. The lowest BCUT2D eigenvalue weighted by Gasteiger charge is -2.19. The molecule has 0 unspecified atom stereocenters. The molecule has 0 aliphatic rings. The number of hydrogen-bond acceptors (Lipinski definition) is 17. The third-order valence-electron chi connectivity index (χ3n) is 7.17. The minimum absolute atomic E-state index is 0.0890. The van der Waals surface area contributed by atoms with E-state index in [9.17, 15) is 9.59 Å². The van der Waals surface area contributed by atoms with Crippen LogP contribution in [0.1, 0.15) is 50.9 Å². The van der Waals surface area contributed by atoms with Gasteiger partial charge in [0.15, 0.2) is 0 Å². The fraction of sp³-hybridized carbons (Fsp3) is 0.805. The highest BCUT2D eigenvalue weighted by Gasteiger charge is 2.16. The molecular weight excluding hydrogens is 762 g/mol. The monoisotopic (exact) mass is 835 g/mol. The second-order valence-corrected chi connectivity index (χ2v) is 13.4. The minimum atomic E-state index is -0.517. The molecule has 0 saturated heterocycles. The van der Waals surface area contributed by atoms with Crippen molar-refractivity contribution in [2.24, 2.45) is 0 Å². The van der Waals surface area contributed by atoms with Crippen LogP contribution in [-0.2, 0) is 71.1 Å². The number of ether oxygens (including phenoxy) is 14. The van der Waals surface area contributed by atoms with Crippen LogP contribution < -0.4 is 5.32 Å². The molecule has 1 rings (SSSR count). The second-order valence-electron chi connectivity index (χ2n) is 13.4. The molecule has 17 heteroatoms. The number of esters is 2. The molecule has 0 aliphatic carbocycles. The molecule has 0 saturated carbocycles. The quantitative estimate of drug-likeness (QED) is 0.0746. The van der Waals surface area contributed by atoms with Gasteiger partial charge >= 0.3 is 11.9 Å². The van der Waals surface area contributed by atoms with Crippen molar-refractivity contribution in [3.05, 3.63) is 29.8 Å². The summed E-state index contributed by atoms with van der Waals surface area (Å²) in [5, 5.41) is 3.32. The van der Waals surface area contributed by atoms with Crippen molar-refractivity contribution in [2.45, 2.75) is 46.1 Å². The van der Waals surface area contributed by atoms with Gasteiger partial charge in [-0.2, -0.15) is 0 Å². The number of anilines is 1. The summed E-state index contributed by atoms with van der Waals surface area (Å²) in [6.45, 7) is 18.9. The van der Waals surface area contributed by atoms with Gasteiger partial charge in [0.2, 0.25) is 0 Å². The van der Waals surface area contributed by atoms with Gasteiger partial charge in [0.05, 0.1) is 158 Å². The molecule has 0 aromatic heterocycles. The Labute approximate surface area is 346 Å². The molecule has 0 amide bonds. The fourth-order valence-corrected chi connectivity index (χ4v) is 4.36. The van der Waals surface area contributed by atoms with Gasteiger partial charge in [-0.25, -0.2) is 9.59 Å². The van der Waals surface area contributed by atoms with Crippen LogP contribution in [0, 0.1) is 0 Å². The predicted octanol–water partition coefficient (Wildman–Crippen LogP) is 3.60. The van der Waals surface area contributed by atoms with Crippen LogP contribution in [-0.4, -0.2) is 189 Å². The molecule has 58 heavy (non-hydrogen) atoms. The smallest absolute Gasteiger partial charge is 0.338 e. The number of benzene rings is 1. The highest BCUT2D eigenvalue weighted by Crippen LogP contribution is 2.11. The molecule has 1 N–H and O–H groups in total. The van der Waals surface area contributed by atoms with Crippen molar-refractivity contribution in [3.63, 3.8) is 0 Å². The van der Waals surface area contributed by atoms with Gasteiger partial charge < -0.3 is 71.6 Å². The lowest BCUT2D eigenvalue weighted by Crippen LogP contribution is -2.27. The number of hydrogen-bond donors (Lipinski definition) is 1.